The first-order chi connectivity index (χ1) is 7.23. The highest BCUT2D eigenvalue weighted by Gasteiger charge is 2.66. The molecule has 1 fully saturated rings. The second-order valence-electron chi connectivity index (χ2n) is 4.56. The molecule has 1 saturated carbocycles. The molecule has 0 aromatic heterocycles. The fourth-order valence-electron chi connectivity index (χ4n) is 2.46. The lowest BCUT2D eigenvalue weighted by Gasteiger charge is -1.95. The van der Waals surface area contributed by atoms with Gasteiger partial charge in [0.1, 0.15) is 0 Å². The standard InChI is InChI=1S/C13H18F2/c14-13(15)11-9-7-5-3-1-2-4-6-8-10-12(11)13/h3-6,11-12H,1-2,7-10H2/b5-3-,6-4-. The van der Waals surface area contributed by atoms with E-state index in [0.29, 0.717) is 12.8 Å². The summed E-state index contributed by atoms with van der Waals surface area (Å²) in [6, 6.07) is 0. The van der Waals surface area contributed by atoms with E-state index in [1.54, 1.807) is 0 Å². The molecule has 0 aromatic rings. The molecule has 0 heterocycles. The van der Waals surface area contributed by atoms with Crippen LogP contribution in [0, 0.1) is 11.8 Å². The van der Waals surface area contributed by atoms with Gasteiger partial charge in [-0.1, -0.05) is 24.3 Å². The molecule has 2 rings (SSSR count). The number of hydrogen-bond acceptors (Lipinski definition) is 0. The normalized spacial score (nSPS) is 39.3. The quantitative estimate of drug-likeness (QED) is 0.524. The van der Waals surface area contributed by atoms with Gasteiger partial charge in [0.2, 0.25) is 0 Å². The summed E-state index contributed by atoms with van der Waals surface area (Å²) in [6.07, 6.45) is 13.4. The second-order valence-corrected chi connectivity index (χ2v) is 4.56. The van der Waals surface area contributed by atoms with Crippen molar-refractivity contribution >= 4 is 0 Å². The van der Waals surface area contributed by atoms with Gasteiger partial charge in [-0.25, -0.2) is 8.78 Å². The van der Waals surface area contributed by atoms with Crippen LogP contribution < -0.4 is 0 Å². The fraction of sp³-hybridized carbons (Fsp3) is 0.692. The molecule has 84 valence electrons. The summed E-state index contributed by atoms with van der Waals surface area (Å²) in [5.74, 6) is -3.04. The molecule has 0 bridgehead atoms. The summed E-state index contributed by atoms with van der Waals surface area (Å²) in [6.45, 7) is 0. The molecule has 0 amide bonds. The van der Waals surface area contributed by atoms with E-state index in [4.69, 9.17) is 0 Å². The summed E-state index contributed by atoms with van der Waals surface area (Å²) >= 11 is 0. The SMILES string of the molecule is FC1(F)C2CC/C=C\CC/C=C\CCC21. The highest BCUT2D eigenvalue weighted by atomic mass is 19.3. The van der Waals surface area contributed by atoms with Gasteiger partial charge in [-0.2, -0.15) is 0 Å². The van der Waals surface area contributed by atoms with Gasteiger partial charge in [0.05, 0.1) is 0 Å². The number of allylic oxidation sites excluding steroid dienone is 4. The summed E-state index contributed by atoms with van der Waals surface area (Å²) < 4.78 is 26.6. The first kappa shape index (κ1) is 10.8. The molecule has 2 aliphatic rings. The Hall–Kier alpha value is -0.660. The van der Waals surface area contributed by atoms with Crippen molar-refractivity contribution < 1.29 is 8.78 Å². The number of alkyl halides is 2. The smallest absolute Gasteiger partial charge is 0.206 e. The zero-order valence-corrected chi connectivity index (χ0v) is 8.96. The molecular formula is C13H18F2. The number of fused-ring (bicyclic) bond motifs is 1. The molecule has 0 nitrogen and oxygen atoms in total. The van der Waals surface area contributed by atoms with Crippen LogP contribution in [0.15, 0.2) is 24.3 Å². The number of halogens is 2. The second kappa shape index (κ2) is 4.46. The largest absolute Gasteiger partial charge is 0.254 e. The van der Waals surface area contributed by atoms with E-state index in [1.165, 1.54) is 0 Å². The van der Waals surface area contributed by atoms with E-state index in [2.05, 4.69) is 24.3 Å². The van der Waals surface area contributed by atoms with Crippen molar-refractivity contribution in [3.8, 4) is 0 Å². The average molecular weight is 212 g/mol. The van der Waals surface area contributed by atoms with Crippen molar-refractivity contribution in [1.82, 2.24) is 0 Å². The lowest BCUT2D eigenvalue weighted by molar-refractivity contribution is 0.0817. The van der Waals surface area contributed by atoms with Crippen LogP contribution in [-0.4, -0.2) is 5.92 Å². The van der Waals surface area contributed by atoms with Crippen molar-refractivity contribution in [2.75, 3.05) is 0 Å². The molecule has 2 aliphatic carbocycles. The Labute approximate surface area is 90.1 Å². The zero-order chi connectivity index (χ0) is 10.7. The molecule has 2 unspecified atom stereocenters. The predicted octanol–water partition coefficient (Wildman–Crippen LogP) is 4.33. The lowest BCUT2D eigenvalue weighted by Crippen LogP contribution is -1.94. The molecule has 15 heavy (non-hydrogen) atoms. The maximum absolute atomic E-state index is 13.3. The van der Waals surface area contributed by atoms with Gasteiger partial charge >= 0.3 is 0 Å². The molecule has 0 N–H and O–H groups in total. The fourth-order valence-corrected chi connectivity index (χ4v) is 2.46. The molecular weight excluding hydrogens is 194 g/mol. The first-order valence-electron chi connectivity index (χ1n) is 5.90. The Balaban J connectivity index is 1.92. The highest BCUT2D eigenvalue weighted by molar-refractivity contribution is 5.06. The van der Waals surface area contributed by atoms with Crippen LogP contribution in [0.4, 0.5) is 8.78 Å². The van der Waals surface area contributed by atoms with Crippen LogP contribution >= 0.6 is 0 Å². The van der Waals surface area contributed by atoms with E-state index in [1.807, 2.05) is 0 Å². The van der Waals surface area contributed by atoms with Gasteiger partial charge in [0, 0.05) is 11.8 Å². The Morgan fingerprint density at radius 2 is 1.13 bits per heavy atom. The van der Waals surface area contributed by atoms with E-state index >= 15 is 0 Å². The third-order valence-electron chi connectivity index (χ3n) is 3.49. The van der Waals surface area contributed by atoms with Crippen LogP contribution in [0.25, 0.3) is 0 Å². The average Bonchev–Trinajstić information content (AvgIpc) is 2.67. The van der Waals surface area contributed by atoms with Crippen molar-refractivity contribution in [1.29, 1.82) is 0 Å². The maximum atomic E-state index is 13.3. The highest BCUT2D eigenvalue weighted by Crippen LogP contribution is 2.59. The van der Waals surface area contributed by atoms with Gasteiger partial charge in [-0.3, -0.25) is 0 Å². The molecule has 0 saturated heterocycles. The van der Waals surface area contributed by atoms with Crippen molar-refractivity contribution in [3.63, 3.8) is 0 Å². The summed E-state index contributed by atoms with van der Waals surface area (Å²) in [5, 5.41) is 0. The van der Waals surface area contributed by atoms with Crippen LogP contribution in [0.5, 0.6) is 0 Å². The van der Waals surface area contributed by atoms with E-state index < -0.39 is 5.92 Å². The number of hydrogen-bond donors (Lipinski definition) is 0. The van der Waals surface area contributed by atoms with Gasteiger partial charge < -0.3 is 0 Å². The molecule has 2 atom stereocenters. The van der Waals surface area contributed by atoms with Gasteiger partial charge in [-0.05, 0) is 38.5 Å². The molecule has 0 aromatic carbocycles. The number of rotatable bonds is 0. The van der Waals surface area contributed by atoms with Crippen LogP contribution in [0.3, 0.4) is 0 Å². The minimum atomic E-state index is -2.37. The predicted molar refractivity (Wildman–Crippen MR) is 57.9 cm³/mol. The van der Waals surface area contributed by atoms with Gasteiger partial charge in [0.25, 0.3) is 5.92 Å². The van der Waals surface area contributed by atoms with Crippen LogP contribution in [0.2, 0.25) is 0 Å². The summed E-state index contributed by atoms with van der Waals surface area (Å²) in [7, 11) is 0. The van der Waals surface area contributed by atoms with Crippen molar-refractivity contribution in [3.05, 3.63) is 24.3 Å². The minimum Gasteiger partial charge on any atom is -0.206 e. The Morgan fingerprint density at radius 3 is 1.60 bits per heavy atom. The van der Waals surface area contributed by atoms with Crippen LogP contribution in [0.1, 0.15) is 38.5 Å². The van der Waals surface area contributed by atoms with Crippen LogP contribution in [-0.2, 0) is 0 Å². The third kappa shape index (κ3) is 2.47. The topological polar surface area (TPSA) is 0 Å². The van der Waals surface area contributed by atoms with E-state index in [-0.39, 0.29) is 11.8 Å². The Bertz CT molecular complexity index is 240. The zero-order valence-electron chi connectivity index (χ0n) is 8.96. The van der Waals surface area contributed by atoms with E-state index in [9.17, 15) is 8.78 Å². The summed E-state index contributed by atoms with van der Waals surface area (Å²) in [5.41, 5.74) is 0. The van der Waals surface area contributed by atoms with Crippen molar-refractivity contribution in [2.24, 2.45) is 11.8 Å². The Kier molecular flexibility index (Phi) is 3.22. The van der Waals surface area contributed by atoms with E-state index in [0.717, 1.165) is 25.7 Å². The summed E-state index contributed by atoms with van der Waals surface area (Å²) in [4.78, 5) is 0. The molecule has 0 spiro atoms. The maximum Gasteiger partial charge on any atom is 0.254 e. The van der Waals surface area contributed by atoms with Gasteiger partial charge in [0.15, 0.2) is 0 Å². The minimum absolute atomic E-state index is 0.338. The third-order valence-corrected chi connectivity index (χ3v) is 3.49. The van der Waals surface area contributed by atoms with Gasteiger partial charge in [-0.15, -0.1) is 0 Å². The van der Waals surface area contributed by atoms with Crippen molar-refractivity contribution in [2.45, 2.75) is 44.4 Å². The lowest BCUT2D eigenvalue weighted by atomic mass is 10.1. The Morgan fingerprint density at radius 1 is 0.733 bits per heavy atom. The molecule has 0 radical (unpaired) electrons. The molecule has 2 heteroatoms. The molecule has 0 aliphatic heterocycles. The first-order valence-corrected chi connectivity index (χ1v) is 5.90. The monoisotopic (exact) mass is 212 g/mol.